The summed E-state index contributed by atoms with van der Waals surface area (Å²) >= 11 is 0. The number of phenols is 1. The molecule has 0 fully saturated rings. The summed E-state index contributed by atoms with van der Waals surface area (Å²) in [4.78, 5) is 10.8. The van der Waals surface area contributed by atoms with E-state index in [2.05, 4.69) is 6.58 Å². The second-order valence-corrected chi connectivity index (χ2v) is 4.66. The van der Waals surface area contributed by atoms with E-state index in [1.54, 1.807) is 6.08 Å². The van der Waals surface area contributed by atoms with E-state index in [-0.39, 0.29) is 11.3 Å². The fourth-order valence-corrected chi connectivity index (χ4v) is 1.95. The zero-order valence-corrected chi connectivity index (χ0v) is 11.7. The first kappa shape index (κ1) is 14.7. The molecule has 0 spiro atoms. The molecule has 0 aliphatic heterocycles. The largest absolute Gasteiger partial charge is 0.507 e. The van der Waals surface area contributed by atoms with Crippen molar-refractivity contribution in [1.82, 2.24) is 0 Å². The van der Waals surface area contributed by atoms with Crippen LogP contribution in [0.15, 0.2) is 43.0 Å². The fraction of sp³-hybridized carbons (Fsp3) is 0.118. The molecule has 0 amide bonds. The molecule has 0 aromatic heterocycles. The molecule has 2 aromatic carbocycles. The summed E-state index contributed by atoms with van der Waals surface area (Å²) in [6.45, 7) is 6.05. The molecule has 0 aliphatic carbocycles. The summed E-state index contributed by atoms with van der Waals surface area (Å²) in [7, 11) is 0. The van der Waals surface area contributed by atoms with Crippen molar-refractivity contribution in [2.45, 2.75) is 13.5 Å². The van der Waals surface area contributed by atoms with Crippen molar-refractivity contribution in [3.8, 4) is 11.5 Å². The van der Waals surface area contributed by atoms with E-state index in [9.17, 15) is 9.90 Å². The maximum atomic E-state index is 10.8. The highest BCUT2D eigenvalue weighted by atomic mass is 16.5. The number of hydrogen-bond donors (Lipinski definition) is 2. The fourth-order valence-electron chi connectivity index (χ4n) is 1.95. The number of benzene rings is 2. The number of carbonyl (C=O) groups is 1. The molecule has 0 heterocycles. The first-order valence-electron chi connectivity index (χ1n) is 6.42. The second-order valence-electron chi connectivity index (χ2n) is 4.66. The van der Waals surface area contributed by atoms with Crippen LogP contribution in [0.4, 0.5) is 0 Å². The predicted molar refractivity (Wildman–Crippen MR) is 80.7 cm³/mol. The third-order valence-corrected chi connectivity index (χ3v) is 3.20. The van der Waals surface area contributed by atoms with E-state index in [0.29, 0.717) is 12.4 Å². The van der Waals surface area contributed by atoms with Gasteiger partial charge in [-0.3, -0.25) is 0 Å². The van der Waals surface area contributed by atoms with Crippen LogP contribution in [0.3, 0.4) is 0 Å². The van der Waals surface area contributed by atoms with E-state index in [1.807, 2.05) is 25.1 Å². The van der Waals surface area contributed by atoms with Gasteiger partial charge in [-0.05, 0) is 35.7 Å². The third-order valence-electron chi connectivity index (χ3n) is 3.20. The van der Waals surface area contributed by atoms with Crippen molar-refractivity contribution in [1.29, 1.82) is 0 Å². The lowest BCUT2D eigenvalue weighted by atomic mass is 10.1. The number of hydrogen-bond acceptors (Lipinski definition) is 3. The molecule has 108 valence electrons. The molecular formula is C17H16O4. The molecular weight excluding hydrogens is 268 g/mol. The van der Waals surface area contributed by atoms with E-state index in [1.165, 1.54) is 18.2 Å². The smallest absolute Gasteiger partial charge is 0.339 e. The van der Waals surface area contributed by atoms with Crippen molar-refractivity contribution in [2.24, 2.45) is 0 Å². The Kier molecular flexibility index (Phi) is 4.28. The van der Waals surface area contributed by atoms with Crippen LogP contribution in [0.5, 0.6) is 11.5 Å². The predicted octanol–water partition coefficient (Wildman–Crippen LogP) is 3.62. The van der Waals surface area contributed by atoms with Gasteiger partial charge in [-0.25, -0.2) is 4.79 Å². The lowest BCUT2D eigenvalue weighted by Crippen LogP contribution is -2.00. The first-order valence-corrected chi connectivity index (χ1v) is 6.42. The molecule has 4 nitrogen and oxygen atoms in total. The molecule has 0 unspecified atom stereocenters. The number of aromatic carboxylic acids is 1. The van der Waals surface area contributed by atoms with E-state index < -0.39 is 5.97 Å². The van der Waals surface area contributed by atoms with Gasteiger partial charge >= 0.3 is 5.97 Å². The van der Waals surface area contributed by atoms with Crippen LogP contribution in [-0.2, 0) is 6.61 Å². The summed E-state index contributed by atoms with van der Waals surface area (Å²) in [5.41, 5.74) is 3.00. The summed E-state index contributed by atoms with van der Waals surface area (Å²) < 4.78 is 5.58. The van der Waals surface area contributed by atoms with E-state index in [4.69, 9.17) is 9.84 Å². The summed E-state index contributed by atoms with van der Waals surface area (Å²) in [5.74, 6) is -1.06. The van der Waals surface area contributed by atoms with Gasteiger partial charge in [0.05, 0.1) is 0 Å². The molecule has 2 aromatic rings. The van der Waals surface area contributed by atoms with Crippen LogP contribution >= 0.6 is 0 Å². The average molecular weight is 284 g/mol. The third kappa shape index (κ3) is 3.42. The van der Waals surface area contributed by atoms with Gasteiger partial charge in [0, 0.05) is 6.07 Å². The number of carboxylic acid groups (broad SMARTS) is 1. The highest BCUT2D eigenvalue weighted by Crippen LogP contribution is 2.24. The van der Waals surface area contributed by atoms with Gasteiger partial charge in [0.1, 0.15) is 23.7 Å². The molecule has 2 N–H and O–H groups in total. The van der Waals surface area contributed by atoms with Gasteiger partial charge in [-0.1, -0.05) is 30.9 Å². The summed E-state index contributed by atoms with van der Waals surface area (Å²) in [6.07, 6.45) is 1.78. The van der Waals surface area contributed by atoms with Crippen molar-refractivity contribution < 1.29 is 19.7 Å². The Balaban J connectivity index is 2.11. The number of aryl methyl sites for hydroxylation is 1. The number of aromatic hydroxyl groups is 1. The Morgan fingerprint density at radius 2 is 2.05 bits per heavy atom. The SMILES string of the molecule is C=Cc1ccc(COc2ccc(C(=O)O)c(O)c2)c(C)c1. The number of ether oxygens (including phenoxy) is 1. The minimum absolute atomic E-state index is 0.145. The Bertz CT molecular complexity index is 689. The topological polar surface area (TPSA) is 66.8 Å². The minimum Gasteiger partial charge on any atom is -0.507 e. The Labute approximate surface area is 122 Å². The lowest BCUT2D eigenvalue weighted by molar-refractivity contribution is 0.0693. The zero-order chi connectivity index (χ0) is 15.4. The zero-order valence-electron chi connectivity index (χ0n) is 11.7. The van der Waals surface area contributed by atoms with Crippen LogP contribution < -0.4 is 4.74 Å². The quantitative estimate of drug-likeness (QED) is 0.880. The Hall–Kier alpha value is -2.75. The van der Waals surface area contributed by atoms with Gasteiger partial charge in [0.2, 0.25) is 0 Å². The molecule has 0 bridgehead atoms. The van der Waals surface area contributed by atoms with Gasteiger partial charge in [0.25, 0.3) is 0 Å². The highest BCUT2D eigenvalue weighted by Gasteiger charge is 2.10. The van der Waals surface area contributed by atoms with Crippen LogP contribution in [-0.4, -0.2) is 16.2 Å². The number of rotatable bonds is 5. The molecule has 0 radical (unpaired) electrons. The van der Waals surface area contributed by atoms with Crippen molar-refractivity contribution in [3.63, 3.8) is 0 Å². The van der Waals surface area contributed by atoms with Crippen molar-refractivity contribution >= 4 is 12.0 Å². The van der Waals surface area contributed by atoms with Crippen molar-refractivity contribution in [3.05, 3.63) is 65.2 Å². The minimum atomic E-state index is -1.17. The van der Waals surface area contributed by atoms with Crippen LogP contribution in [0.2, 0.25) is 0 Å². The summed E-state index contributed by atoms with van der Waals surface area (Å²) in [6, 6.07) is 10.1. The van der Waals surface area contributed by atoms with E-state index >= 15 is 0 Å². The highest BCUT2D eigenvalue weighted by molar-refractivity contribution is 5.90. The Morgan fingerprint density at radius 3 is 2.62 bits per heavy atom. The molecule has 0 saturated heterocycles. The molecule has 2 rings (SSSR count). The normalized spacial score (nSPS) is 10.1. The monoisotopic (exact) mass is 284 g/mol. The maximum absolute atomic E-state index is 10.8. The van der Waals surface area contributed by atoms with Crippen LogP contribution in [0.1, 0.15) is 27.0 Å². The lowest BCUT2D eigenvalue weighted by Gasteiger charge is -2.10. The van der Waals surface area contributed by atoms with E-state index in [0.717, 1.165) is 16.7 Å². The molecule has 21 heavy (non-hydrogen) atoms. The summed E-state index contributed by atoms with van der Waals surface area (Å²) in [5, 5.41) is 18.5. The maximum Gasteiger partial charge on any atom is 0.339 e. The standard InChI is InChI=1S/C17H16O4/c1-3-12-4-5-13(11(2)8-12)10-21-14-6-7-15(17(19)20)16(18)9-14/h3-9,18H,1,10H2,2H3,(H,19,20). The second kappa shape index (κ2) is 6.13. The van der Waals surface area contributed by atoms with Gasteiger partial charge in [-0.2, -0.15) is 0 Å². The first-order chi connectivity index (χ1) is 10.0. The number of carboxylic acids is 1. The molecule has 0 saturated carbocycles. The molecule has 4 heteroatoms. The van der Waals surface area contributed by atoms with Gasteiger partial charge in [0.15, 0.2) is 0 Å². The Morgan fingerprint density at radius 1 is 1.29 bits per heavy atom. The van der Waals surface area contributed by atoms with Gasteiger partial charge in [-0.15, -0.1) is 0 Å². The van der Waals surface area contributed by atoms with Crippen LogP contribution in [0.25, 0.3) is 6.08 Å². The van der Waals surface area contributed by atoms with Crippen molar-refractivity contribution in [2.75, 3.05) is 0 Å². The molecule has 0 aliphatic rings. The average Bonchev–Trinajstić information content (AvgIpc) is 2.45. The van der Waals surface area contributed by atoms with Crippen LogP contribution in [0, 0.1) is 6.92 Å². The van der Waals surface area contributed by atoms with Gasteiger partial charge < -0.3 is 14.9 Å². The molecule has 0 atom stereocenters.